The van der Waals surface area contributed by atoms with Crippen molar-refractivity contribution in [2.24, 2.45) is 5.16 Å². The summed E-state index contributed by atoms with van der Waals surface area (Å²) in [5.74, 6) is 1.40. The Balaban J connectivity index is 1.54. The lowest BCUT2D eigenvalue weighted by Crippen LogP contribution is -2.32. The molecule has 35 heavy (non-hydrogen) atoms. The molecule has 5 aromatic rings. The van der Waals surface area contributed by atoms with Gasteiger partial charge in [-0.2, -0.15) is 10.2 Å². The zero-order chi connectivity index (χ0) is 23.8. The van der Waals surface area contributed by atoms with Crippen molar-refractivity contribution < 1.29 is 4.84 Å². The zero-order valence-electron chi connectivity index (χ0n) is 18.7. The monoisotopic (exact) mass is 481 g/mol. The number of rotatable bonds is 5. The number of aromatic nitrogens is 5. The lowest BCUT2D eigenvalue weighted by Gasteiger charge is -2.26. The normalized spacial score (nSPS) is 15.2. The van der Waals surface area contributed by atoms with E-state index in [1.807, 2.05) is 96.5 Å². The third-order valence-corrected chi connectivity index (χ3v) is 6.06. The van der Waals surface area contributed by atoms with Crippen LogP contribution in [0, 0.1) is 6.92 Å². The van der Waals surface area contributed by atoms with Gasteiger partial charge in [-0.15, -0.1) is 0 Å². The number of hydrogen-bond acceptors (Lipinski definition) is 6. The number of benzene rings is 3. The van der Waals surface area contributed by atoms with Gasteiger partial charge in [-0.25, -0.2) is 14.3 Å². The minimum Gasteiger partial charge on any atom is -0.363 e. The van der Waals surface area contributed by atoms with Crippen molar-refractivity contribution in [2.75, 3.05) is 4.90 Å². The number of nitrogens with zero attached hydrogens (tertiary/aromatic N) is 7. The van der Waals surface area contributed by atoms with Gasteiger partial charge in [0.1, 0.15) is 12.7 Å². The van der Waals surface area contributed by atoms with Crippen LogP contribution < -0.4 is 4.90 Å². The molecule has 1 atom stereocenters. The van der Waals surface area contributed by atoms with Crippen LogP contribution in [0.15, 0.2) is 103 Å². The zero-order valence-corrected chi connectivity index (χ0v) is 19.5. The van der Waals surface area contributed by atoms with Crippen LogP contribution in [0.3, 0.4) is 0 Å². The topological polar surface area (TPSA) is 73.4 Å². The number of amidine groups is 1. The summed E-state index contributed by atoms with van der Waals surface area (Å²) in [6.07, 6.45) is 2.57. The molecule has 6 rings (SSSR count). The molecule has 0 fully saturated rings. The molecule has 1 aliphatic heterocycles. The number of halogens is 1. The van der Waals surface area contributed by atoms with Crippen molar-refractivity contribution in [1.82, 2.24) is 24.5 Å². The molecule has 0 saturated heterocycles. The number of oxime groups is 1. The standard InChI is InChI=1S/C26H20ClN7O/c1-18-23(25(32-17-28-16-29-32)34(30-18)22-10-6-3-7-11-22)26-33(21-8-4-2-5-9-21)24(31-35-26)19-12-14-20(27)15-13-19/h2-17,26H,1H3. The van der Waals surface area contributed by atoms with Crippen molar-refractivity contribution in [3.8, 4) is 11.5 Å². The molecule has 3 heterocycles. The minimum absolute atomic E-state index is 0.584. The highest BCUT2D eigenvalue weighted by molar-refractivity contribution is 6.30. The molecule has 9 heteroatoms. The minimum atomic E-state index is -0.584. The molecule has 1 unspecified atom stereocenters. The van der Waals surface area contributed by atoms with E-state index in [0.29, 0.717) is 10.9 Å². The van der Waals surface area contributed by atoms with Gasteiger partial charge in [0.05, 0.1) is 16.9 Å². The van der Waals surface area contributed by atoms with E-state index < -0.39 is 6.23 Å². The highest BCUT2D eigenvalue weighted by Crippen LogP contribution is 2.39. The molecule has 1 aliphatic rings. The summed E-state index contributed by atoms with van der Waals surface area (Å²) in [6, 6.07) is 27.5. The molecule has 0 spiro atoms. The predicted octanol–water partition coefficient (Wildman–Crippen LogP) is 5.31. The average Bonchev–Trinajstić information content (AvgIpc) is 3.64. The molecule has 0 N–H and O–H groups in total. The van der Waals surface area contributed by atoms with Crippen LogP contribution in [0.1, 0.15) is 23.0 Å². The lowest BCUT2D eigenvalue weighted by molar-refractivity contribution is 0.0862. The summed E-state index contributed by atoms with van der Waals surface area (Å²) in [6.45, 7) is 1.96. The van der Waals surface area contributed by atoms with Gasteiger partial charge >= 0.3 is 0 Å². The van der Waals surface area contributed by atoms with E-state index in [2.05, 4.69) is 20.1 Å². The van der Waals surface area contributed by atoms with Crippen LogP contribution >= 0.6 is 11.6 Å². The Morgan fingerprint density at radius 1 is 0.857 bits per heavy atom. The predicted molar refractivity (Wildman–Crippen MR) is 134 cm³/mol. The van der Waals surface area contributed by atoms with Gasteiger partial charge in [-0.05, 0) is 55.5 Å². The summed E-state index contributed by atoms with van der Waals surface area (Å²) < 4.78 is 3.56. The van der Waals surface area contributed by atoms with Gasteiger partial charge < -0.3 is 4.84 Å². The highest BCUT2D eigenvalue weighted by atomic mass is 35.5. The number of hydrogen-bond donors (Lipinski definition) is 0. The van der Waals surface area contributed by atoms with Crippen LogP contribution in [0.5, 0.6) is 0 Å². The largest absolute Gasteiger partial charge is 0.363 e. The van der Waals surface area contributed by atoms with Crippen molar-refractivity contribution >= 4 is 23.1 Å². The van der Waals surface area contributed by atoms with Gasteiger partial charge in [-0.1, -0.05) is 53.2 Å². The van der Waals surface area contributed by atoms with Crippen LogP contribution in [0.4, 0.5) is 5.69 Å². The molecule has 3 aromatic carbocycles. The van der Waals surface area contributed by atoms with E-state index in [0.717, 1.165) is 34.0 Å². The summed E-state index contributed by atoms with van der Waals surface area (Å²) >= 11 is 6.14. The maximum absolute atomic E-state index is 6.14. The van der Waals surface area contributed by atoms with Gasteiger partial charge in [0, 0.05) is 16.3 Å². The first-order valence-corrected chi connectivity index (χ1v) is 11.4. The van der Waals surface area contributed by atoms with Crippen LogP contribution in [0.2, 0.25) is 5.02 Å². The fourth-order valence-corrected chi connectivity index (χ4v) is 4.35. The first-order chi connectivity index (χ1) is 17.2. The molecule has 0 amide bonds. The summed E-state index contributed by atoms with van der Waals surface area (Å²) in [4.78, 5) is 12.4. The molecule has 0 bridgehead atoms. The van der Waals surface area contributed by atoms with Crippen LogP contribution in [0.25, 0.3) is 11.5 Å². The number of aryl methyl sites for hydroxylation is 1. The quantitative estimate of drug-likeness (QED) is 0.340. The van der Waals surface area contributed by atoms with Crippen molar-refractivity contribution in [3.63, 3.8) is 0 Å². The van der Waals surface area contributed by atoms with E-state index in [1.54, 1.807) is 11.0 Å². The molecule has 0 radical (unpaired) electrons. The molecule has 172 valence electrons. The fourth-order valence-electron chi connectivity index (χ4n) is 4.22. The number of para-hydroxylation sites is 2. The number of anilines is 1. The fraction of sp³-hybridized carbons (Fsp3) is 0.0769. The third-order valence-electron chi connectivity index (χ3n) is 5.80. The lowest BCUT2D eigenvalue weighted by atomic mass is 10.1. The molecule has 8 nitrogen and oxygen atoms in total. The van der Waals surface area contributed by atoms with E-state index >= 15 is 0 Å². The van der Waals surface area contributed by atoms with Gasteiger partial charge in [0.2, 0.25) is 6.23 Å². The highest BCUT2D eigenvalue weighted by Gasteiger charge is 2.39. The van der Waals surface area contributed by atoms with E-state index in [9.17, 15) is 0 Å². The van der Waals surface area contributed by atoms with Crippen molar-refractivity contribution in [2.45, 2.75) is 13.2 Å². The summed E-state index contributed by atoms with van der Waals surface area (Å²) in [7, 11) is 0. The van der Waals surface area contributed by atoms with Gasteiger partial charge in [0.25, 0.3) is 0 Å². The second-order valence-corrected chi connectivity index (χ2v) is 8.43. The maximum atomic E-state index is 6.14. The second-order valence-electron chi connectivity index (χ2n) is 8.00. The summed E-state index contributed by atoms with van der Waals surface area (Å²) in [5.41, 5.74) is 4.33. The van der Waals surface area contributed by atoms with Crippen molar-refractivity contribution in [1.29, 1.82) is 0 Å². The Morgan fingerprint density at radius 2 is 1.54 bits per heavy atom. The molecule has 0 saturated carbocycles. The van der Waals surface area contributed by atoms with E-state index in [1.165, 1.54) is 6.33 Å². The van der Waals surface area contributed by atoms with Gasteiger partial charge in [0.15, 0.2) is 11.7 Å². The van der Waals surface area contributed by atoms with E-state index in [4.69, 9.17) is 21.5 Å². The SMILES string of the molecule is Cc1nn(-c2ccccc2)c(-n2cncn2)c1C1ON=C(c2ccc(Cl)cc2)N1c1ccccc1. The van der Waals surface area contributed by atoms with Crippen LogP contribution in [-0.2, 0) is 4.84 Å². The van der Waals surface area contributed by atoms with Gasteiger partial charge in [-0.3, -0.25) is 4.90 Å². The first kappa shape index (κ1) is 21.1. The Bertz CT molecular complexity index is 1480. The Morgan fingerprint density at radius 3 is 2.20 bits per heavy atom. The smallest absolute Gasteiger partial charge is 0.237 e. The van der Waals surface area contributed by atoms with Crippen molar-refractivity contribution in [3.05, 3.63) is 119 Å². The van der Waals surface area contributed by atoms with E-state index in [-0.39, 0.29) is 0 Å². The molecule has 2 aromatic heterocycles. The molecular weight excluding hydrogens is 462 g/mol. The average molecular weight is 482 g/mol. The third kappa shape index (κ3) is 3.74. The Kier molecular flexibility index (Phi) is 5.27. The second kappa shape index (κ2) is 8.73. The molecular formula is C26H20ClN7O. The Hall–Kier alpha value is -4.43. The first-order valence-electron chi connectivity index (χ1n) is 11.0. The summed E-state index contributed by atoms with van der Waals surface area (Å²) in [5, 5.41) is 14.5. The van der Waals surface area contributed by atoms with Crippen LogP contribution in [-0.4, -0.2) is 30.4 Å². The maximum Gasteiger partial charge on any atom is 0.237 e. The molecule has 0 aliphatic carbocycles. The Labute approximate surface area is 206 Å².